The van der Waals surface area contributed by atoms with Crippen molar-refractivity contribution in [1.82, 2.24) is 15.2 Å². The Kier molecular flexibility index (Phi) is 5.82. The van der Waals surface area contributed by atoms with Gasteiger partial charge in [0.1, 0.15) is 5.75 Å². The van der Waals surface area contributed by atoms with Gasteiger partial charge in [0.25, 0.3) is 0 Å². The Hall–Kier alpha value is -2.24. The van der Waals surface area contributed by atoms with E-state index in [-0.39, 0.29) is 12.5 Å². The molecule has 5 rings (SSSR count). The molecule has 0 radical (unpaired) electrons. The Morgan fingerprint density at radius 3 is 2.83 bits per heavy atom. The topological polar surface area (TPSA) is 77.0 Å². The van der Waals surface area contributed by atoms with Crippen molar-refractivity contribution in [3.63, 3.8) is 0 Å². The number of alkyl halides is 2. The molecule has 1 aliphatic heterocycles. The second-order valence-corrected chi connectivity index (χ2v) is 14.7. The summed E-state index contributed by atoms with van der Waals surface area (Å²) in [5.74, 6) is 0.386. The Labute approximate surface area is 188 Å². The summed E-state index contributed by atoms with van der Waals surface area (Å²) in [4.78, 5) is 17.8. The molecular weight excluding hydrogens is 531 g/mol. The number of nitrogens with one attached hydrogen (secondary N) is 1. The van der Waals surface area contributed by atoms with Crippen molar-refractivity contribution in [2.45, 2.75) is 9.24 Å². The number of anilines is 1. The zero-order valence-electron chi connectivity index (χ0n) is 15.7. The number of pyridine rings is 1. The van der Waals surface area contributed by atoms with Crippen LogP contribution in [-0.4, -0.2) is 36.6 Å². The molecule has 0 spiro atoms. The standard InChI is InChI=1S/C21H17IN4O2S2/c27-19(13-28-15-4-2-1-3-5-15)24-20-25-26-21(30-20)29-18-8-11-23-17-12-14(22-9-10-22)6-7-16(17)18/h1-8,11-12H,9-10,13H2,(H,24,25,27). The van der Waals surface area contributed by atoms with Gasteiger partial charge < -0.3 is 4.74 Å². The van der Waals surface area contributed by atoms with Crippen molar-refractivity contribution in [2.24, 2.45) is 0 Å². The first kappa shape index (κ1) is 19.7. The number of amides is 1. The first-order valence-electron chi connectivity index (χ1n) is 9.24. The number of para-hydroxylation sites is 1. The van der Waals surface area contributed by atoms with Crippen molar-refractivity contribution in [1.29, 1.82) is 0 Å². The van der Waals surface area contributed by atoms with E-state index in [1.165, 1.54) is 23.8 Å². The molecule has 4 aromatic rings. The molecule has 9 heteroatoms. The van der Waals surface area contributed by atoms with Gasteiger partial charge >= 0.3 is 149 Å². The molecule has 0 saturated carbocycles. The molecule has 2 aromatic carbocycles. The Bertz CT molecular complexity index is 1200. The maximum atomic E-state index is 12.1. The SMILES string of the molecule is O=C(COc1ccccc1)Nc1nnc(Sc2ccnc3cc(I4CC4)ccc23)s1. The predicted molar refractivity (Wildman–Crippen MR) is 129 cm³/mol. The van der Waals surface area contributed by atoms with E-state index in [9.17, 15) is 4.79 Å². The van der Waals surface area contributed by atoms with Crippen LogP contribution in [-0.2, 0) is 4.79 Å². The van der Waals surface area contributed by atoms with E-state index in [0.29, 0.717) is 10.9 Å². The summed E-state index contributed by atoms with van der Waals surface area (Å²) in [5, 5.41) is 12.6. The fraction of sp³-hybridized carbons (Fsp3) is 0.143. The van der Waals surface area contributed by atoms with Crippen LogP contribution in [0.25, 0.3) is 10.9 Å². The Morgan fingerprint density at radius 2 is 2.00 bits per heavy atom. The minimum absolute atomic E-state index is 0.0753. The van der Waals surface area contributed by atoms with Crippen LogP contribution in [0.3, 0.4) is 0 Å². The number of aromatic nitrogens is 3. The van der Waals surface area contributed by atoms with Crippen molar-refractivity contribution in [3.8, 4) is 5.75 Å². The zero-order valence-corrected chi connectivity index (χ0v) is 19.5. The maximum absolute atomic E-state index is 12.1. The molecule has 1 fully saturated rings. The quantitative estimate of drug-likeness (QED) is 0.200. The van der Waals surface area contributed by atoms with E-state index in [2.05, 4.69) is 38.7 Å². The summed E-state index contributed by atoms with van der Waals surface area (Å²) in [6, 6.07) is 17.9. The van der Waals surface area contributed by atoms with Gasteiger partial charge in [-0.05, 0) is 12.1 Å². The number of halogens is 1. The van der Waals surface area contributed by atoms with Gasteiger partial charge in [-0.1, -0.05) is 18.2 Å². The Balaban J connectivity index is 1.24. The molecule has 6 nitrogen and oxygen atoms in total. The van der Waals surface area contributed by atoms with Gasteiger partial charge in [0.15, 0.2) is 0 Å². The van der Waals surface area contributed by atoms with Crippen LogP contribution >= 0.6 is 42.9 Å². The fourth-order valence-corrected chi connectivity index (χ4v) is 8.91. The third kappa shape index (κ3) is 4.73. The fourth-order valence-electron chi connectivity index (χ4n) is 2.82. The second-order valence-electron chi connectivity index (χ2n) is 6.43. The molecule has 0 aliphatic carbocycles. The molecule has 3 heterocycles. The normalized spacial score (nSPS) is 13.9. The van der Waals surface area contributed by atoms with Gasteiger partial charge in [0, 0.05) is 0 Å². The molecule has 2 aromatic heterocycles. The predicted octanol–water partition coefficient (Wildman–Crippen LogP) is 4.94. The van der Waals surface area contributed by atoms with E-state index in [0.717, 1.165) is 20.1 Å². The average molecular weight is 548 g/mol. The first-order chi connectivity index (χ1) is 14.7. The van der Waals surface area contributed by atoms with Crippen LogP contribution in [0.2, 0.25) is 0 Å². The number of carbonyl (C=O) groups excluding carboxylic acids is 1. The summed E-state index contributed by atoms with van der Waals surface area (Å²) >= 11 is 2.09. The van der Waals surface area contributed by atoms with E-state index < -0.39 is 19.8 Å². The Morgan fingerprint density at radius 1 is 1.13 bits per heavy atom. The molecule has 0 unspecified atom stereocenters. The molecule has 30 heavy (non-hydrogen) atoms. The average Bonchev–Trinajstić information content (AvgIpc) is 3.54. The summed E-state index contributed by atoms with van der Waals surface area (Å²) < 4.78 is 10.6. The number of nitrogens with zero attached hydrogens (tertiary/aromatic N) is 3. The third-order valence-corrected chi connectivity index (χ3v) is 10.9. The van der Waals surface area contributed by atoms with Crippen molar-refractivity contribution in [3.05, 3.63) is 64.4 Å². The van der Waals surface area contributed by atoms with E-state index in [1.807, 2.05) is 42.6 Å². The van der Waals surface area contributed by atoms with Crippen LogP contribution in [0, 0.1) is 3.57 Å². The van der Waals surface area contributed by atoms with Crippen LogP contribution in [0.4, 0.5) is 5.13 Å². The summed E-state index contributed by atoms with van der Waals surface area (Å²) in [6.07, 6.45) is 1.84. The molecule has 0 bridgehead atoms. The van der Waals surface area contributed by atoms with Gasteiger partial charge in [0.05, 0.1) is 0 Å². The molecule has 0 atom stereocenters. The van der Waals surface area contributed by atoms with Gasteiger partial charge in [-0.25, -0.2) is 0 Å². The van der Waals surface area contributed by atoms with Crippen molar-refractivity contribution < 1.29 is 9.53 Å². The number of carbonyl (C=O) groups is 1. The summed E-state index contributed by atoms with van der Waals surface area (Å²) in [6.45, 7) is -0.0753. The number of benzene rings is 2. The number of fused-ring (bicyclic) bond motifs is 1. The third-order valence-electron chi connectivity index (χ3n) is 4.31. The summed E-state index contributed by atoms with van der Waals surface area (Å²) in [5.41, 5.74) is 1.04. The summed E-state index contributed by atoms with van der Waals surface area (Å²) in [7, 11) is 0. The monoisotopic (exact) mass is 548 g/mol. The van der Waals surface area contributed by atoms with E-state index in [4.69, 9.17) is 4.74 Å². The molecule has 1 saturated heterocycles. The number of rotatable bonds is 7. The van der Waals surface area contributed by atoms with Gasteiger partial charge in [-0.15, -0.1) is 0 Å². The van der Waals surface area contributed by atoms with Crippen molar-refractivity contribution in [2.75, 3.05) is 20.8 Å². The molecule has 1 amide bonds. The second kappa shape index (κ2) is 8.86. The van der Waals surface area contributed by atoms with Crippen LogP contribution in [0.1, 0.15) is 0 Å². The van der Waals surface area contributed by atoms with Gasteiger partial charge in [-0.3, -0.25) is 0 Å². The molecule has 1 N–H and O–H groups in total. The molecular formula is C21H17IN4O2S2. The zero-order chi connectivity index (χ0) is 20.3. The van der Waals surface area contributed by atoms with Crippen molar-refractivity contribution >= 4 is 64.9 Å². The number of ether oxygens (including phenoxy) is 1. The molecule has 152 valence electrons. The number of hydrogen-bond acceptors (Lipinski definition) is 7. The molecule has 1 aliphatic rings. The minimum atomic E-state index is -0.795. The first-order valence-corrected chi connectivity index (χ1v) is 15.0. The van der Waals surface area contributed by atoms with Crippen LogP contribution < -0.4 is 10.1 Å². The van der Waals surface area contributed by atoms with Gasteiger partial charge in [0.2, 0.25) is 0 Å². The number of hydrogen-bond donors (Lipinski definition) is 1. The van der Waals surface area contributed by atoms with E-state index >= 15 is 0 Å². The van der Waals surface area contributed by atoms with E-state index in [1.54, 1.807) is 11.8 Å². The van der Waals surface area contributed by atoms with Crippen LogP contribution in [0.15, 0.2) is 70.0 Å². The van der Waals surface area contributed by atoms with Crippen LogP contribution in [0.5, 0.6) is 5.75 Å². The van der Waals surface area contributed by atoms with Gasteiger partial charge in [-0.2, -0.15) is 0 Å².